The van der Waals surface area contributed by atoms with Crippen molar-refractivity contribution in [2.45, 2.75) is 31.5 Å². The van der Waals surface area contributed by atoms with Crippen LogP contribution in [0.5, 0.6) is 0 Å². The molecule has 3 heterocycles. The van der Waals surface area contributed by atoms with Gasteiger partial charge in [0.2, 0.25) is 5.91 Å². The zero-order valence-electron chi connectivity index (χ0n) is 15.1. The van der Waals surface area contributed by atoms with Crippen LogP contribution in [0.1, 0.15) is 35.6 Å². The van der Waals surface area contributed by atoms with Crippen LogP contribution < -0.4 is 0 Å². The molecule has 5 nitrogen and oxygen atoms in total. The van der Waals surface area contributed by atoms with Gasteiger partial charge >= 0.3 is 0 Å². The molecule has 4 rings (SSSR count). The van der Waals surface area contributed by atoms with Crippen LogP contribution in [0.25, 0.3) is 0 Å². The fraction of sp³-hybridized carbons (Fsp3) is 0.429. The Kier molecular flexibility index (Phi) is 4.74. The van der Waals surface area contributed by atoms with E-state index < -0.39 is 5.79 Å². The number of hydrogen-bond donors (Lipinski definition) is 0. The van der Waals surface area contributed by atoms with Crippen LogP contribution in [-0.4, -0.2) is 47.9 Å². The van der Waals surface area contributed by atoms with Crippen molar-refractivity contribution in [1.82, 2.24) is 9.88 Å². The number of aryl methyl sites for hydroxylation is 1. The molecule has 2 aromatic rings. The Morgan fingerprint density at radius 1 is 1.08 bits per heavy atom. The van der Waals surface area contributed by atoms with Crippen molar-refractivity contribution < 1.29 is 14.3 Å². The minimum Gasteiger partial charge on any atom is -0.347 e. The number of pyridine rings is 1. The first-order valence-electron chi connectivity index (χ1n) is 9.21. The number of benzene rings is 1. The third kappa shape index (κ3) is 3.37. The van der Waals surface area contributed by atoms with Gasteiger partial charge in [-0.15, -0.1) is 0 Å². The van der Waals surface area contributed by atoms with Gasteiger partial charge in [-0.25, -0.2) is 0 Å². The van der Waals surface area contributed by atoms with Gasteiger partial charge in [-0.3, -0.25) is 9.78 Å². The predicted molar refractivity (Wildman–Crippen MR) is 97.7 cm³/mol. The van der Waals surface area contributed by atoms with Gasteiger partial charge < -0.3 is 14.4 Å². The molecule has 26 heavy (non-hydrogen) atoms. The van der Waals surface area contributed by atoms with Crippen molar-refractivity contribution in [3.8, 4) is 0 Å². The van der Waals surface area contributed by atoms with Crippen molar-refractivity contribution >= 4 is 5.91 Å². The number of rotatable bonds is 3. The van der Waals surface area contributed by atoms with E-state index >= 15 is 0 Å². The molecule has 0 radical (unpaired) electrons. The fourth-order valence-electron chi connectivity index (χ4n) is 3.78. The Morgan fingerprint density at radius 2 is 1.77 bits per heavy atom. The van der Waals surface area contributed by atoms with Gasteiger partial charge in [0.15, 0.2) is 5.79 Å². The lowest BCUT2D eigenvalue weighted by atomic mass is 9.91. The van der Waals surface area contributed by atoms with Crippen LogP contribution in [0, 0.1) is 6.92 Å². The lowest BCUT2D eigenvalue weighted by Crippen LogP contribution is -2.48. The third-order valence-corrected chi connectivity index (χ3v) is 5.29. The average molecular weight is 352 g/mol. The smallest absolute Gasteiger partial charge is 0.236 e. The van der Waals surface area contributed by atoms with Crippen molar-refractivity contribution in [1.29, 1.82) is 0 Å². The maximum Gasteiger partial charge on any atom is 0.236 e. The number of likely N-dealkylation sites (tertiary alicyclic amines) is 1. The zero-order chi connectivity index (χ0) is 18.0. The molecule has 1 unspecified atom stereocenters. The monoisotopic (exact) mass is 352 g/mol. The lowest BCUT2D eigenvalue weighted by molar-refractivity contribution is -0.187. The summed E-state index contributed by atoms with van der Waals surface area (Å²) < 4.78 is 11.6. The van der Waals surface area contributed by atoms with E-state index in [1.807, 2.05) is 54.3 Å². The van der Waals surface area contributed by atoms with E-state index in [0.29, 0.717) is 26.3 Å². The van der Waals surface area contributed by atoms with Crippen molar-refractivity contribution in [2.75, 3.05) is 26.3 Å². The summed E-state index contributed by atoms with van der Waals surface area (Å²) in [7, 11) is 0. The Balaban J connectivity index is 1.58. The highest BCUT2D eigenvalue weighted by atomic mass is 16.7. The minimum atomic E-state index is -0.471. The molecule has 5 heteroatoms. The van der Waals surface area contributed by atoms with E-state index in [1.54, 1.807) is 6.20 Å². The molecule has 1 amide bonds. The molecule has 136 valence electrons. The van der Waals surface area contributed by atoms with Crippen molar-refractivity contribution in [3.63, 3.8) is 0 Å². The second-order valence-corrected chi connectivity index (χ2v) is 7.03. The first-order valence-corrected chi connectivity index (χ1v) is 9.21. The number of nitrogens with zero attached hydrogens (tertiary/aromatic N) is 2. The molecule has 0 aliphatic carbocycles. The van der Waals surface area contributed by atoms with Crippen LogP contribution in [0.4, 0.5) is 0 Å². The van der Waals surface area contributed by atoms with Gasteiger partial charge in [-0.2, -0.15) is 0 Å². The Labute approximate surface area is 153 Å². The van der Waals surface area contributed by atoms with Gasteiger partial charge in [-0.1, -0.05) is 35.9 Å². The van der Waals surface area contributed by atoms with E-state index in [9.17, 15) is 4.79 Å². The highest BCUT2D eigenvalue weighted by molar-refractivity contribution is 5.86. The van der Waals surface area contributed by atoms with E-state index in [2.05, 4.69) is 4.98 Å². The summed E-state index contributed by atoms with van der Waals surface area (Å²) in [6, 6.07) is 13.9. The zero-order valence-corrected chi connectivity index (χ0v) is 15.1. The molecule has 1 aromatic heterocycles. The van der Waals surface area contributed by atoms with Gasteiger partial charge in [0.1, 0.15) is 5.92 Å². The second-order valence-electron chi connectivity index (χ2n) is 7.03. The SMILES string of the molecule is Cc1ccc(C(C(=O)N2CCC3(CC2)OCCO3)c2ccccn2)cc1. The quantitative estimate of drug-likeness (QED) is 0.852. The highest BCUT2D eigenvalue weighted by Crippen LogP contribution is 2.33. The summed E-state index contributed by atoms with van der Waals surface area (Å²) in [5, 5.41) is 0. The van der Waals surface area contributed by atoms with Gasteiger partial charge in [-0.05, 0) is 24.6 Å². The van der Waals surface area contributed by atoms with Crippen LogP contribution >= 0.6 is 0 Å². The molecule has 1 spiro atoms. The summed E-state index contributed by atoms with van der Waals surface area (Å²) in [6.07, 6.45) is 3.19. The van der Waals surface area contributed by atoms with Gasteiger partial charge in [0.25, 0.3) is 0 Å². The molecule has 0 N–H and O–H groups in total. The molecule has 1 aromatic carbocycles. The van der Waals surface area contributed by atoms with Crippen LogP contribution in [-0.2, 0) is 14.3 Å². The lowest BCUT2D eigenvalue weighted by Gasteiger charge is -2.38. The number of ether oxygens (including phenoxy) is 2. The maximum absolute atomic E-state index is 13.4. The first kappa shape index (κ1) is 17.2. The standard InChI is InChI=1S/C21H24N2O3/c1-16-5-7-17(8-6-16)19(18-4-2-3-11-22-18)20(24)23-12-9-21(10-13-23)25-14-15-26-21/h2-8,11,19H,9-10,12-15H2,1H3. The molecule has 2 fully saturated rings. The molecular weight excluding hydrogens is 328 g/mol. The van der Waals surface area contributed by atoms with E-state index in [0.717, 1.165) is 24.1 Å². The topological polar surface area (TPSA) is 51.7 Å². The molecule has 1 atom stereocenters. The highest BCUT2D eigenvalue weighted by Gasteiger charge is 2.42. The first-order chi connectivity index (χ1) is 12.7. The summed E-state index contributed by atoms with van der Waals surface area (Å²) in [4.78, 5) is 19.8. The van der Waals surface area contributed by atoms with Gasteiger partial charge in [0, 0.05) is 32.1 Å². The Hall–Kier alpha value is -2.24. The van der Waals surface area contributed by atoms with Crippen LogP contribution in [0.15, 0.2) is 48.7 Å². The van der Waals surface area contributed by atoms with Crippen LogP contribution in [0.3, 0.4) is 0 Å². The third-order valence-electron chi connectivity index (χ3n) is 5.29. The summed E-state index contributed by atoms with van der Waals surface area (Å²) in [5.41, 5.74) is 2.94. The Morgan fingerprint density at radius 3 is 2.38 bits per heavy atom. The summed E-state index contributed by atoms with van der Waals surface area (Å²) in [5.74, 6) is -0.752. The minimum absolute atomic E-state index is 0.0976. The predicted octanol–water partition coefficient (Wildman–Crippen LogP) is 2.89. The number of carbonyl (C=O) groups is 1. The van der Waals surface area contributed by atoms with E-state index in [-0.39, 0.29) is 11.8 Å². The van der Waals surface area contributed by atoms with Crippen molar-refractivity contribution in [3.05, 3.63) is 65.5 Å². The molecule has 2 aliphatic rings. The second kappa shape index (κ2) is 7.17. The average Bonchev–Trinajstić information content (AvgIpc) is 3.13. The molecule has 2 saturated heterocycles. The number of amides is 1. The normalized spacial score (nSPS) is 20.3. The number of piperidine rings is 1. The fourth-order valence-corrected chi connectivity index (χ4v) is 3.78. The van der Waals surface area contributed by atoms with E-state index in [4.69, 9.17) is 9.47 Å². The molecular formula is C21H24N2O3. The van der Waals surface area contributed by atoms with Gasteiger partial charge in [0.05, 0.1) is 18.9 Å². The molecule has 0 saturated carbocycles. The summed E-state index contributed by atoms with van der Waals surface area (Å²) in [6.45, 7) is 4.64. The number of carbonyl (C=O) groups excluding carboxylic acids is 1. The molecule has 0 bridgehead atoms. The Bertz CT molecular complexity index is 745. The molecule has 2 aliphatic heterocycles. The summed E-state index contributed by atoms with van der Waals surface area (Å²) >= 11 is 0. The van der Waals surface area contributed by atoms with E-state index in [1.165, 1.54) is 5.56 Å². The number of aromatic nitrogens is 1. The van der Waals surface area contributed by atoms with Crippen molar-refractivity contribution in [2.24, 2.45) is 0 Å². The number of hydrogen-bond acceptors (Lipinski definition) is 4. The largest absolute Gasteiger partial charge is 0.347 e. The maximum atomic E-state index is 13.4. The van der Waals surface area contributed by atoms with Crippen LogP contribution in [0.2, 0.25) is 0 Å².